The van der Waals surface area contributed by atoms with Crippen molar-refractivity contribution in [3.8, 4) is 0 Å². The molecule has 0 N–H and O–H groups in total. The molecule has 0 saturated carbocycles. The summed E-state index contributed by atoms with van der Waals surface area (Å²) in [5, 5.41) is 0. The van der Waals surface area contributed by atoms with Crippen molar-refractivity contribution in [3.63, 3.8) is 0 Å². The van der Waals surface area contributed by atoms with Gasteiger partial charge in [0.1, 0.15) is 17.6 Å². The van der Waals surface area contributed by atoms with E-state index in [-0.39, 0.29) is 17.4 Å². The Morgan fingerprint density at radius 2 is 1.77 bits per heavy atom. The number of rotatable bonds is 6. The van der Waals surface area contributed by atoms with Gasteiger partial charge in [-0.1, -0.05) is 48.5 Å². The van der Waals surface area contributed by atoms with E-state index in [1.807, 2.05) is 6.07 Å². The molecule has 5 heteroatoms. The van der Waals surface area contributed by atoms with Crippen molar-refractivity contribution in [1.29, 1.82) is 0 Å². The average molecular weight is 348 g/mol. The number of ketones is 2. The summed E-state index contributed by atoms with van der Waals surface area (Å²) in [7, 11) is 1.74. The van der Waals surface area contributed by atoms with Crippen LogP contribution in [0.3, 0.4) is 0 Å². The number of halogens is 1. The second-order valence-electron chi connectivity index (χ2n) is 5.85. The molecular formula is C21H17FN2O2. The first-order valence-corrected chi connectivity index (χ1v) is 8.10. The summed E-state index contributed by atoms with van der Waals surface area (Å²) in [6.45, 7) is 0. The molecule has 0 fully saturated rings. The fraction of sp³-hybridized carbons (Fsp3) is 0.0952. The van der Waals surface area contributed by atoms with Crippen molar-refractivity contribution >= 4 is 17.6 Å². The number of aromatic nitrogens is 2. The zero-order valence-corrected chi connectivity index (χ0v) is 14.2. The monoisotopic (exact) mass is 348 g/mol. The van der Waals surface area contributed by atoms with Crippen LogP contribution in [0.2, 0.25) is 0 Å². The van der Waals surface area contributed by atoms with Gasteiger partial charge in [-0.3, -0.25) is 9.59 Å². The van der Waals surface area contributed by atoms with Crippen LogP contribution < -0.4 is 0 Å². The zero-order valence-electron chi connectivity index (χ0n) is 14.2. The maximum Gasteiger partial charge on any atom is 0.181 e. The number of carbonyl (C=O) groups excluding carboxylic acids is 2. The molecule has 1 heterocycles. The van der Waals surface area contributed by atoms with Gasteiger partial charge in [-0.05, 0) is 23.8 Å². The summed E-state index contributed by atoms with van der Waals surface area (Å²) >= 11 is 0. The molecule has 1 unspecified atom stereocenters. The van der Waals surface area contributed by atoms with E-state index in [0.717, 1.165) is 0 Å². The Morgan fingerprint density at radius 3 is 2.38 bits per heavy atom. The number of aryl methyl sites for hydroxylation is 1. The predicted octanol–water partition coefficient (Wildman–Crippen LogP) is 3.81. The number of imidazole rings is 1. The molecule has 2 aromatic carbocycles. The van der Waals surface area contributed by atoms with Crippen molar-refractivity contribution in [2.75, 3.05) is 0 Å². The number of allylic oxidation sites excluding steroid dienone is 1. The minimum absolute atomic E-state index is 0.311. The van der Waals surface area contributed by atoms with Gasteiger partial charge in [0.05, 0.1) is 0 Å². The van der Waals surface area contributed by atoms with Crippen LogP contribution in [0.15, 0.2) is 73.1 Å². The maximum absolute atomic E-state index is 13.0. The van der Waals surface area contributed by atoms with Crippen LogP contribution in [0.5, 0.6) is 0 Å². The highest BCUT2D eigenvalue weighted by atomic mass is 19.1. The van der Waals surface area contributed by atoms with Crippen LogP contribution in [0.25, 0.3) is 6.08 Å². The van der Waals surface area contributed by atoms with E-state index in [2.05, 4.69) is 4.98 Å². The third kappa shape index (κ3) is 3.83. The van der Waals surface area contributed by atoms with Gasteiger partial charge in [-0.25, -0.2) is 9.37 Å². The van der Waals surface area contributed by atoms with Gasteiger partial charge in [-0.15, -0.1) is 0 Å². The van der Waals surface area contributed by atoms with Crippen molar-refractivity contribution in [2.24, 2.45) is 7.05 Å². The van der Waals surface area contributed by atoms with E-state index in [4.69, 9.17) is 0 Å². The van der Waals surface area contributed by atoms with Crippen LogP contribution in [-0.2, 0) is 11.8 Å². The molecule has 0 aliphatic rings. The van der Waals surface area contributed by atoms with Crippen molar-refractivity contribution in [1.82, 2.24) is 9.55 Å². The second-order valence-corrected chi connectivity index (χ2v) is 5.85. The normalized spacial score (nSPS) is 12.2. The van der Waals surface area contributed by atoms with Gasteiger partial charge in [0.25, 0.3) is 0 Å². The Balaban J connectivity index is 1.93. The molecule has 1 atom stereocenters. The van der Waals surface area contributed by atoms with Crippen LogP contribution in [0.1, 0.15) is 27.7 Å². The van der Waals surface area contributed by atoms with Crippen molar-refractivity contribution in [2.45, 2.75) is 5.92 Å². The van der Waals surface area contributed by atoms with E-state index in [1.165, 1.54) is 18.2 Å². The molecule has 0 aliphatic carbocycles. The molecule has 0 radical (unpaired) electrons. The Bertz CT molecular complexity index is 944. The molecule has 0 spiro atoms. The minimum Gasteiger partial charge on any atom is -0.337 e. The van der Waals surface area contributed by atoms with Crippen LogP contribution in [0.4, 0.5) is 4.39 Å². The number of benzene rings is 2. The lowest BCUT2D eigenvalue weighted by Crippen LogP contribution is -2.24. The smallest absolute Gasteiger partial charge is 0.181 e. The van der Waals surface area contributed by atoms with Crippen molar-refractivity contribution in [3.05, 3.63) is 95.8 Å². The molecule has 3 aromatic rings. The number of hydrogen-bond acceptors (Lipinski definition) is 3. The standard InChI is InChI=1S/C21H17FN2O2/c1-24-14-13-23-21(24)19(20(26)16-5-3-2-4-6-16)18(25)12-9-15-7-10-17(22)11-8-15/h2-14,19H,1H3. The number of nitrogens with zero attached hydrogens (tertiary/aromatic N) is 2. The van der Waals surface area contributed by atoms with Crippen molar-refractivity contribution < 1.29 is 14.0 Å². The highest BCUT2D eigenvalue weighted by Gasteiger charge is 2.30. The van der Waals surface area contributed by atoms with Gasteiger partial charge in [0.15, 0.2) is 11.6 Å². The Labute approximate surface area is 150 Å². The summed E-state index contributed by atoms with van der Waals surface area (Å²) in [4.78, 5) is 29.9. The van der Waals surface area contributed by atoms with Crippen LogP contribution >= 0.6 is 0 Å². The fourth-order valence-electron chi connectivity index (χ4n) is 2.65. The van der Waals surface area contributed by atoms with E-state index in [0.29, 0.717) is 17.0 Å². The first-order chi connectivity index (χ1) is 12.6. The fourth-order valence-corrected chi connectivity index (χ4v) is 2.65. The van der Waals surface area contributed by atoms with E-state index >= 15 is 0 Å². The molecule has 0 bridgehead atoms. The summed E-state index contributed by atoms with van der Waals surface area (Å²) in [6.07, 6.45) is 6.15. The van der Waals surface area contributed by atoms with E-state index in [9.17, 15) is 14.0 Å². The highest BCUT2D eigenvalue weighted by molar-refractivity contribution is 6.18. The molecule has 0 aliphatic heterocycles. The molecule has 4 nitrogen and oxygen atoms in total. The quantitative estimate of drug-likeness (QED) is 0.387. The third-order valence-corrected chi connectivity index (χ3v) is 4.03. The summed E-state index contributed by atoms with van der Waals surface area (Å²) in [6, 6.07) is 14.4. The van der Waals surface area contributed by atoms with Gasteiger partial charge < -0.3 is 4.57 Å². The van der Waals surface area contributed by atoms with Crippen LogP contribution in [0, 0.1) is 5.82 Å². The predicted molar refractivity (Wildman–Crippen MR) is 97.2 cm³/mol. The van der Waals surface area contributed by atoms with Crippen LogP contribution in [-0.4, -0.2) is 21.1 Å². The maximum atomic E-state index is 13.0. The first kappa shape index (κ1) is 17.5. The lowest BCUT2D eigenvalue weighted by atomic mass is 9.92. The van der Waals surface area contributed by atoms with Gasteiger partial charge in [0, 0.05) is 25.0 Å². The summed E-state index contributed by atoms with van der Waals surface area (Å²) < 4.78 is 14.7. The lowest BCUT2D eigenvalue weighted by molar-refractivity contribution is -0.115. The molecule has 130 valence electrons. The third-order valence-electron chi connectivity index (χ3n) is 4.03. The van der Waals surface area contributed by atoms with E-state index < -0.39 is 5.92 Å². The molecule has 0 amide bonds. The number of Topliss-reactive ketones (excluding diaryl/α,β-unsaturated/α-hetero) is 1. The Hall–Kier alpha value is -3.34. The minimum atomic E-state index is -1.03. The molecule has 0 saturated heterocycles. The van der Waals surface area contributed by atoms with E-state index in [1.54, 1.807) is 66.5 Å². The Morgan fingerprint density at radius 1 is 1.08 bits per heavy atom. The molecule has 26 heavy (non-hydrogen) atoms. The van der Waals surface area contributed by atoms with Gasteiger partial charge >= 0.3 is 0 Å². The molecular weight excluding hydrogens is 331 g/mol. The number of hydrogen-bond donors (Lipinski definition) is 0. The number of carbonyl (C=O) groups is 2. The summed E-state index contributed by atoms with van der Waals surface area (Å²) in [5.41, 5.74) is 1.12. The average Bonchev–Trinajstić information content (AvgIpc) is 3.08. The summed E-state index contributed by atoms with van der Waals surface area (Å²) in [5.74, 6) is -1.69. The largest absolute Gasteiger partial charge is 0.337 e. The molecule has 1 aromatic heterocycles. The second kappa shape index (κ2) is 7.70. The lowest BCUT2D eigenvalue weighted by Gasteiger charge is -2.13. The zero-order chi connectivity index (χ0) is 18.5. The van der Waals surface area contributed by atoms with Gasteiger partial charge in [0.2, 0.25) is 0 Å². The highest BCUT2D eigenvalue weighted by Crippen LogP contribution is 2.22. The SMILES string of the molecule is Cn1ccnc1C(C(=O)C=Cc1ccc(F)cc1)C(=O)c1ccccc1. The molecule has 3 rings (SSSR count). The topological polar surface area (TPSA) is 52.0 Å². The first-order valence-electron chi connectivity index (χ1n) is 8.10. The Kier molecular flexibility index (Phi) is 5.17. The van der Waals surface area contributed by atoms with Gasteiger partial charge in [-0.2, -0.15) is 0 Å².